The number of aryl methyl sites for hydroxylation is 2. The minimum absolute atomic E-state index is 0.00424. The lowest BCUT2D eigenvalue weighted by Gasteiger charge is -2.10. The monoisotopic (exact) mass is 270 g/mol. The maximum atomic E-state index is 12.2. The van der Waals surface area contributed by atoms with Crippen molar-refractivity contribution in [3.05, 3.63) is 59.2 Å². The second kappa shape index (κ2) is 6.24. The van der Waals surface area contributed by atoms with Gasteiger partial charge in [0.1, 0.15) is 0 Å². The molecule has 20 heavy (non-hydrogen) atoms. The van der Waals surface area contributed by atoms with Crippen LogP contribution in [0, 0.1) is 13.8 Å². The molecule has 0 saturated carbocycles. The highest BCUT2D eigenvalue weighted by Gasteiger charge is 2.11. The van der Waals surface area contributed by atoms with Gasteiger partial charge in [0.05, 0.1) is 7.11 Å². The van der Waals surface area contributed by atoms with E-state index in [2.05, 4.69) is 0 Å². The summed E-state index contributed by atoms with van der Waals surface area (Å²) in [5.41, 5.74) is 2.81. The molecular weight excluding hydrogens is 252 g/mol. The molecule has 0 heterocycles. The molecule has 2 aromatic carbocycles. The van der Waals surface area contributed by atoms with Crippen LogP contribution in [0.2, 0.25) is 0 Å². The third kappa shape index (κ3) is 3.18. The molecule has 2 rings (SSSR count). The van der Waals surface area contributed by atoms with Crippen LogP contribution in [0.5, 0.6) is 11.5 Å². The Balaban J connectivity index is 2.09. The zero-order chi connectivity index (χ0) is 14.5. The van der Waals surface area contributed by atoms with Crippen molar-refractivity contribution in [3.63, 3.8) is 0 Å². The molecular formula is C17H18O3. The first-order chi connectivity index (χ1) is 9.61. The molecule has 0 radical (unpaired) electrons. The van der Waals surface area contributed by atoms with Crippen LogP contribution in [0.15, 0.2) is 42.5 Å². The number of carbonyl (C=O) groups is 1. The van der Waals surface area contributed by atoms with Crippen LogP contribution in [-0.2, 0) is 0 Å². The predicted molar refractivity (Wildman–Crippen MR) is 78.7 cm³/mol. The highest BCUT2D eigenvalue weighted by molar-refractivity contribution is 5.98. The maximum absolute atomic E-state index is 12.2. The van der Waals surface area contributed by atoms with Crippen molar-refractivity contribution in [2.45, 2.75) is 13.8 Å². The Hall–Kier alpha value is -2.29. The lowest BCUT2D eigenvalue weighted by molar-refractivity contribution is 0.0919. The minimum Gasteiger partial charge on any atom is -0.493 e. The van der Waals surface area contributed by atoms with Crippen molar-refractivity contribution in [1.82, 2.24) is 0 Å². The number of hydrogen-bond acceptors (Lipinski definition) is 3. The van der Waals surface area contributed by atoms with Crippen LogP contribution in [-0.4, -0.2) is 19.5 Å². The highest BCUT2D eigenvalue weighted by Crippen LogP contribution is 2.26. The number of Topliss-reactive ketones (excluding diaryl/α,β-unsaturated/α-hetero) is 1. The first-order valence-corrected chi connectivity index (χ1v) is 6.48. The maximum Gasteiger partial charge on any atom is 0.200 e. The van der Waals surface area contributed by atoms with Crippen molar-refractivity contribution in [3.8, 4) is 11.5 Å². The zero-order valence-corrected chi connectivity index (χ0v) is 12.0. The van der Waals surface area contributed by atoms with Crippen LogP contribution in [0.25, 0.3) is 0 Å². The van der Waals surface area contributed by atoms with Crippen molar-refractivity contribution < 1.29 is 14.3 Å². The topological polar surface area (TPSA) is 35.5 Å². The molecule has 0 aromatic heterocycles. The first kappa shape index (κ1) is 14.1. The summed E-state index contributed by atoms with van der Waals surface area (Å²) in [5.74, 6) is 1.17. The number of carbonyl (C=O) groups excluding carboxylic acids is 1. The van der Waals surface area contributed by atoms with E-state index in [1.807, 2.05) is 44.2 Å². The van der Waals surface area contributed by atoms with Crippen molar-refractivity contribution >= 4 is 5.78 Å². The fourth-order valence-corrected chi connectivity index (χ4v) is 2.09. The van der Waals surface area contributed by atoms with Crippen LogP contribution in [0.3, 0.4) is 0 Å². The average molecular weight is 270 g/mol. The number of benzene rings is 2. The summed E-state index contributed by atoms with van der Waals surface area (Å²) in [6.07, 6.45) is 0. The second-order valence-corrected chi connectivity index (χ2v) is 4.68. The average Bonchev–Trinajstić information content (AvgIpc) is 2.45. The molecule has 3 heteroatoms. The molecule has 0 saturated heterocycles. The zero-order valence-electron chi connectivity index (χ0n) is 12.0. The van der Waals surface area contributed by atoms with E-state index in [1.165, 1.54) is 0 Å². The van der Waals surface area contributed by atoms with E-state index in [1.54, 1.807) is 19.2 Å². The molecule has 0 aliphatic heterocycles. The van der Waals surface area contributed by atoms with Gasteiger partial charge in [-0.25, -0.2) is 0 Å². The molecule has 0 fully saturated rings. The summed E-state index contributed by atoms with van der Waals surface area (Å²) in [6.45, 7) is 3.94. The summed E-state index contributed by atoms with van der Waals surface area (Å²) >= 11 is 0. The molecule has 0 unspecified atom stereocenters. The van der Waals surface area contributed by atoms with Gasteiger partial charge in [-0.05, 0) is 31.5 Å². The molecule has 0 N–H and O–H groups in total. The van der Waals surface area contributed by atoms with E-state index in [0.29, 0.717) is 17.1 Å². The molecule has 0 bridgehead atoms. The van der Waals surface area contributed by atoms with Gasteiger partial charge in [-0.1, -0.05) is 35.9 Å². The SMILES string of the molecule is COc1ccccc1OCC(=O)c1ccc(C)cc1C. The Morgan fingerprint density at radius 3 is 2.40 bits per heavy atom. The lowest BCUT2D eigenvalue weighted by Crippen LogP contribution is -2.13. The van der Waals surface area contributed by atoms with Crippen LogP contribution in [0.1, 0.15) is 21.5 Å². The van der Waals surface area contributed by atoms with E-state index < -0.39 is 0 Å². The van der Waals surface area contributed by atoms with Crippen molar-refractivity contribution in [1.29, 1.82) is 0 Å². The van der Waals surface area contributed by atoms with E-state index in [4.69, 9.17) is 9.47 Å². The largest absolute Gasteiger partial charge is 0.493 e. The van der Waals surface area contributed by atoms with E-state index in [-0.39, 0.29) is 12.4 Å². The van der Waals surface area contributed by atoms with E-state index in [0.717, 1.165) is 11.1 Å². The lowest BCUT2D eigenvalue weighted by atomic mass is 10.0. The summed E-state index contributed by atoms with van der Waals surface area (Å²) in [6, 6.07) is 13.1. The second-order valence-electron chi connectivity index (χ2n) is 4.68. The molecule has 0 spiro atoms. The van der Waals surface area contributed by atoms with Gasteiger partial charge in [-0.2, -0.15) is 0 Å². The van der Waals surface area contributed by atoms with E-state index in [9.17, 15) is 4.79 Å². The molecule has 0 aliphatic rings. The molecule has 3 nitrogen and oxygen atoms in total. The molecule has 104 valence electrons. The van der Waals surface area contributed by atoms with Gasteiger partial charge >= 0.3 is 0 Å². The number of ketones is 1. The predicted octanol–water partition coefficient (Wildman–Crippen LogP) is 3.57. The number of methoxy groups -OCH3 is 1. The number of para-hydroxylation sites is 2. The summed E-state index contributed by atoms with van der Waals surface area (Å²) in [5, 5.41) is 0. The number of rotatable bonds is 5. The fraction of sp³-hybridized carbons (Fsp3) is 0.235. The van der Waals surface area contributed by atoms with Crippen LogP contribution >= 0.6 is 0 Å². The Bertz CT molecular complexity index is 617. The third-order valence-electron chi connectivity index (χ3n) is 3.11. The molecule has 0 atom stereocenters. The van der Waals surface area contributed by atoms with Gasteiger partial charge in [0.15, 0.2) is 23.9 Å². The highest BCUT2D eigenvalue weighted by atomic mass is 16.5. The quantitative estimate of drug-likeness (QED) is 0.779. The van der Waals surface area contributed by atoms with E-state index >= 15 is 0 Å². The van der Waals surface area contributed by atoms with Gasteiger partial charge in [0.2, 0.25) is 0 Å². The minimum atomic E-state index is -0.0339. The van der Waals surface area contributed by atoms with Crippen LogP contribution < -0.4 is 9.47 Å². The molecule has 0 aliphatic carbocycles. The Kier molecular flexibility index (Phi) is 4.41. The van der Waals surface area contributed by atoms with Crippen molar-refractivity contribution in [2.75, 3.05) is 13.7 Å². The Morgan fingerprint density at radius 1 is 1.05 bits per heavy atom. The normalized spacial score (nSPS) is 10.2. The Morgan fingerprint density at radius 2 is 1.75 bits per heavy atom. The smallest absolute Gasteiger partial charge is 0.200 e. The standard InChI is InChI=1S/C17H18O3/c1-12-8-9-14(13(2)10-12)15(18)11-20-17-7-5-4-6-16(17)19-3/h4-10H,11H2,1-3H3. The van der Waals surface area contributed by atoms with Crippen LogP contribution in [0.4, 0.5) is 0 Å². The summed E-state index contributed by atoms with van der Waals surface area (Å²) in [4.78, 5) is 12.2. The third-order valence-corrected chi connectivity index (χ3v) is 3.11. The number of ether oxygens (including phenoxy) is 2. The number of hydrogen-bond donors (Lipinski definition) is 0. The van der Waals surface area contributed by atoms with Gasteiger partial charge < -0.3 is 9.47 Å². The summed E-state index contributed by atoms with van der Waals surface area (Å²) in [7, 11) is 1.58. The first-order valence-electron chi connectivity index (χ1n) is 6.48. The molecule has 2 aromatic rings. The Labute approximate surface area is 119 Å². The van der Waals surface area contributed by atoms with Gasteiger partial charge in [0.25, 0.3) is 0 Å². The van der Waals surface area contributed by atoms with Gasteiger partial charge in [0, 0.05) is 5.56 Å². The van der Waals surface area contributed by atoms with Gasteiger partial charge in [-0.3, -0.25) is 4.79 Å². The molecule has 0 amide bonds. The summed E-state index contributed by atoms with van der Waals surface area (Å²) < 4.78 is 10.7. The van der Waals surface area contributed by atoms with Gasteiger partial charge in [-0.15, -0.1) is 0 Å². The van der Waals surface area contributed by atoms with Crippen molar-refractivity contribution in [2.24, 2.45) is 0 Å². The fourth-order valence-electron chi connectivity index (χ4n) is 2.09.